The molecular formula is C17H26N8O5P+. The molecule has 14 heteroatoms. The number of nitrogens with zero attached hydrogens (tertiary/aromatic N) is 7. The molecule has 0 amide bonds. The average Bonchev–Trinajstić information content (AvgIpc) is 3.21. The quantitative estimate of drug-likeness (QED) is 0.221. The molecule has 1 aliphatic rings. The highest BCUT2D eigenvalue weighted by atomic mass is 31.1. The largest absolute Gasteiger partial charge is 0.508 e. The maximum absolute atomic E-state index is 12.2. The highest BCUT2D eigenvalue weighted by molar-refractivity contribution is 7.39. The predicted octanol–water partition coefficient (Wildman–Crippen LogP) is 2.70. The number of nitrogens with two attached hydrogens (primary N) is 1. The predicted molar refractivity (Wildman–Crippen MR) is 112 cm³/mol. The Morgan fingerprint density at radius 2 is 2.16 bits per heavy atom. The first-order valence-corrected chi connectivity index (χ1v) is 11.3. The van der Waals surface area contributed by atoms with Crippen LogP contribution in [0.25, 0.3) is 21.6 Å². The van der Waals surface area contributed by atoms with Gasteiger partial charge in [0.25, 0.3) is 0 Å². The molecular weight excluding hydrogens is 427 g/mol. The minimum Gasteiger partial charge on any atom is -0.388 e. The van der Waals surface area contributed by atoms with Crippen molar-refractivity contribution in [3.8, 4) is 0 Å². The summed E-state index contributed by atoms with van der Waals surface area (Å²) in [5.74, 6) is -0.0727. The molecule has 168 valence electrons. The Bertz CT molecular complexity index is 1010. The second-order valence-electron chi connectivity index (χ2n) is 7.60. The van der Waals surface area contributed by atoms with E-state index in [0.29, 0.717) is 12.6 Å². The van der Waals surface area contributed by atoms with Gasteiger partial charge in [0.2, 0.25) is 5.95 Å². The van der Waals surface area contributed by atoms with Gasteiger partial charge in [-0.25, -0.2) is 15.0 Å². The summed E-state index contributed by atoms with van der Waals surface area (Å²) in [5.41, 5.74) is 14.3. The number of aromatic nitrogens is 4. The molecule has 0 aromatic carbocycles. The van der Waals surface area contributed by atoms with Crippen LogP contribution in [0, 0.1) is 0 Å². The summed E-state index contributed by atoms with van der Waals surface area (Å²) in [7, 11) is -1.86. The summed E-state index contributed by atoms with van der Waals surface area (Å²) in [5, 5.41) is 24.9. The molecule has 31 heavy (non-hydrogen) atoms. The first-order valence-electron chi connectivity index (χ1n) is 9.93. The van der Waals surface area contributed by atoms with Crippen molar-refractivity contribution in [2.45, 2.75) is 70.2 Å². The molecule has 1 fully saturated rings. The third-order valence-corrected chi connectivity index (χ3v) is 6.78. The van der Waals surface area contributed by atoms with Crippen LogP contribution in [-0.2, 0) is 13.8 Å². The number of aliphatic hydroxyl groups is 2. The van der Waals surface area contributed by atoms with Gasteiger partial charge in [0.1, 0.15) is 24.1 Å². The lowest BCUT2D eigenvalue weighted by molar-refractivity contribution is -0.0613. The zero-order valence-corrected chi connectivity index (χ0v) is 18.4. The Labute approximate surface area is 179 Å². The molecule has 3 rings (SSSR count). The van der Waals surface area contributed by atoms with Crippen LogP contribution in [0.2, 0.25) is 0 Å². The maximum atomic E-state index is 12.2. The van der Waals surface area contributed by atoms with E-state index < -0.39 is 38.2 Å². The molecule has 0 radical (unpaired) electrons. The number of imidazole rings is 1. The molecule has 0 saturated carbocycles. The van der Waals surface area contributed by atoms with E-state index in [1.165, 1.54) is 10.9 Å². The summed E-state index contributed by atoms with van der Waals surface area (Å²) in [6.45, 7) is 5.59. The highest BCUT2D eigenvalue weighted by Crippen LogP contribution is 2.42. The van der Waals surface area contributed by atoms with Crippen LogP contribution in [0.1, 0.15) is 46.3 Å². The van der Waals surface area contributed by atoms with E-state index in [0.717, 1.165) is 6.42 Å². The normalized spacial score (nSPS) is 25.9. The van der Waals surface area contributed by atoms with Gasteiger partial charge in [0.05, 0.1) is 6.10 Å². The third kappa shape index (κ3) is 4.62. The lowest BCUT2D eigenvalue weighted by atomic mass is 9.93. The Balaban J connectivity index is 1.92. The zero-order valence-electron chi connectivity index (χ0n) is 17.5. The summed E-state index contributed by atoms with van der Waals surface area (Å²) in [6, 6.07) is 0. The van der Waals surface area contributed by atoms with Gasteiger partial charge in [-0.2, -0.15) is 0 Å². The molecule has 1 saturated heterocycles. The molecule has 3 heterocycles. The van der Waals surface area contributed by atoms with Crippen LogP contribution in [0.5, 0.6) is 0 Å². The van der Waals surface area contributed by atoms with Crippen molar-refractivity contribution in [3.05, 3.63) is 16.8 Å². The number of hydrogen-bond acceptors (Lipinski definition) is 10. The number of rotatable bonds is 9. The van der Waals surface area contributed by atoms with Gasteiger partial charge in [-0.15, -0.1) is 4.52 Å². The van der Waals surface area contributed by atoms with Crippen LogP contribution in [0.3, 0.4) is 0 Å². The standard InChI is InChI=1S/C17H26N8O5P/c1-4-6-31(28)30-17(3,5-2)7-9-11(26)12(27)15(29-9)25-14-10(13(18)20-8-21-14)22-16(25)23-24-19/h8-9,11-12,15,26-27H,4-7H2,1-3H3,(H2,18,20,21)/q+1/t9-,11-,12-,15?,17?/m1/s1. The van der Waals surface area contributed by atoms with Crippen LogP contribution >= 0.6 is 8.03 Å². The zero-order chi connectivity index (χ0) is 22.8. The number of nitrogen functional groups attached to an aromatic ring is 1. The van der Waals surface area contributed by atoms with Gasteiger partial charge >= 0.3 is 8.03 Å². The summed E-state index contributed by atoms with van der Waals surface area (Å²) in [4.78, 5) is 14.9. The fraction of sp³-hybridized carbons (Fsp3) is 0.706. The number of aliphatic hydroxyl groups excluding tert-OH is 2. The minimum absolute atomic E-state index is 0.0643. The van der Waals surface area contributed by atoms with Crippen molar-refractivity contribution in [1.82, 2.24) is 19.5 Å². The molecule has 4 N–H and O–H groups in total. The molecule has 0 bridgehead atoms. The fourth-order valence-electron chi connectivity index (χ4n) is 3.52. The van der Waals surface area contributed by atoms with Crippen LogP contribution in [0.4, 0.5) is 11.8 Å². The fourth-order valence-corrected chi connectivity index (χ4v) is 4.67. The smallest absolute Gasteiger partial charge is 0.388 e. The van der Waals surface area contributed by atoms with Crippen LogP contribution in [-0.4, -0.2) is 59.8 Å². The van der Waals surface area contributed by atoms with E-state index in [1.807, 2.05) is 13.8 Å². The molecule has 3 unspecified atom stereocenters. The summed E-state index contributed by atoms with van der Waals surface area (Å²) < 4.78 is 25.2. The molecule has 2 aromatic rings. The lowest BCUT2D eigenvalue weighted by Crippen LogP contribution is -2.38. The van der Waals surface area contributed by atoms with E-state index in [9.17, 15) is 14.8 Å². The first-order chi connectivity index (χ1) is 14.7. The van der Waals surface area contributed by atoms with E-state index in [4.69, 9.17) is 20.5 Å². The molecule has 13 nitrogen and oxygen atoms in total. The van der Waals surface area contributed by atoms with E-state index in [-0.39, 0.29) is 29.4 Å². The Hall–Kier alpha value is -2.40. The molecule has 1 aliphatic heterocycles. The van der Waals surface area contributed by atoms with Crippen molar-refractivity contribution >= 4 is 31.0 Å². The SMILES string of the molecule is CCC[P+](=O)OC(C)(CC)C[C@H]1OC(n2c(N=[N+]=[N-])nc3c(N)ncnc32)[C@H](O)[C@@H]1O. The number of anilines is 1. The van der Waals surface area contributed by atoms with Gasteiger partial charge in [0, 0.05) is 11.3 Å². The van der Waals surface area contributed by atoms with E-state index in [1.54, 1.807) is 6.92 Å². The first kappa shape index (κ1) is 23.3. The maximum Gasteiger partial charge on any atom is 0.508 e. The summed E-state index contributed by atoms with van der Waals surface area (Å²) >= 11 is 0. The minimum atomic E-state index is -1.86. The van der Waals surface area contributed by atoms with Crippen molar-refractivity contribution in [1.29, 1.82) is 0 Å². The Morgan fingerprint density at radius 3 is 2.81 bits per heavy atom. The van der Waals surface area contributed by atoms with Crippen LogP contribution < -0.4 is 5.73 Å². The molecule has 6 atom stereocenters. The number of ether oxygens (including phenoxy) is 1. The number of azide groups is 1. The molecule has 0 spiro atoms. The Kier molecular flexibility index (Phi) is 7.05. The van der Waals surface area contributed by atoms with Crippen LogP contribution in [0.15, 0.2) is 11.4 Å². The van der Waals surface area contributed by atoms with Crippen molar-refractivity contribution in [2.75, 3.05) is 11.9 Å². The third-order valence-electron chi connectivity index (χ3n) is 5.32. The van der Waals surface area contributed by atoms with Gasteiger partial charge in [-0.1, -0.05) is 13.8 Å². The lowest BCUT2D eigenvalue weighted by Gasteiger charge is -2.26. The van der Waals surface area contributed by atoms with E-state index >= 15 is 0 Å². The van der Waals surface area contributed by atoms with Crippen molar-refractivity contribution in [3.63, 3.8) is 0 Å². The topological polar surface area (TPSA) is 194 Å². The molecule has 0 aliphatic carbocycles. The second-order valence-corrected chi connectivity index (χ2v) is 8.90. The van der Waals surface area contributed by atoms with Gasteiger partial charge in [-0.3, -0.25) is 4.57 Å². The van der Waals surface area contributed by atoms with Gasteiger partial charge < -0.3 is 20.7 Å². The monoisotopic (exact) mass is 453 g/mol. The number of hydrogen-bond donors (Lipinski definition) is 3. The summed E-state index contributed by atoms with van der Waals surface area (Å²) in [6.07, 6.45) is -1.58. The van der Waals surface area contributed by atoms with Gasteiger partial charge in [-0.05, 0) is 35.0 Å². The Morgan fingerprint density at radius 1 is 1.42 bits per heavy atom. The van der Waals surface area contributed by atoms with E-state index in [2.05, 4.69) is 25.0 Å². The van der Waals surface area contributed by atoms with Crippen molar-refractivity contribution in [2.24, 2.45) is 5.11 Å². The number of fused-ring (bicyclic) bond motifs is 1. The van der Waals surface area contributed by atoms with Crippen molar-refractivity contribution < 1.29 is 24.0 Å². The second kappa shape index (κ2) is 9.39. The average molecular weight is 453 g/mol. The molecule has 2 aromatic heterocycles. The van der Waals surface area contributed by atoms with Gasteiger partial charge in [0.15, 0.2) is 29.4 Å². The highest BCUT2D eigenvalue weighted by Gasteiger charge is 2.49.